The minimum Gasteiger partial charge on any atom is -0.376 e. The van der Waals surface area contributed by atoms with Gasteiger partial charge in [0, 0.05) is 32.8 Å². The van der Waals surface area contributed by atoms with Crippen molar-refractivity contribution in [3.05, 3.63) is 35.4 Å². The molecule has 0 aromatic heterocycles. The molecule has 1 N–H and O–H groups in total. The summed E-state index contributed by atoms with van der Waals surface area (Å²) in [6.07, 6.45) is 6.37. The van der Waals surface area contributed by atoms with Crippen molar-refractivity contribution in [2.24, 2.45) is 4.99 Å². The predicted molar refractivity (Wildman–Crippen MR) is 147 cm³/mol. The number of guanidine groups is 1. The average Bonchev–Trinajstić information content (AvgIpc) is 2.85. The van der Waals surface area contributed by atoms with Gasteiger partial charge >= 0.3 is 0 Å². The van der Waals surface area contributed by atoms with Crippen molar-refractivity contribution in [2.45, 2.75) is 78.2 Å². The van der Waals surface area contributed by atoms with Gasteiger partial charge in [0.25, 0.3) is 0 Å². The zero-order chi connectivity index (χ0) is 22.6. The van der Waals surface area contributed by atoms with E-state index < -0.39 is 0 Å². The van der Waals surface area contributed by atoms with Gasteiger partial charge in [0.15, 0.2) is 5.96 Å². The fraction of sp³-hybridized carbons (Fsp3) is 0.731. The van der Waals surface area contributed by atoms with Crippen LogP contribution < -0.4 is 5.32 Å². The Kier molecular flexibility index (Phi) is 13.7. The van der Waals surface area contributed by atoms with Gasteiger partial charge in [0.05, 0.1) is 25.4 Å². The van der Waals surface area contributed by atoms with E-state index in [0.717, 1.165) is 77.7 Å². The molecule has 188 valence electrons. The molecule has 2 aliphatic rings. The van der Waals surface area contributed by atoms with Gasteiger partial charge in [0.1, 0.15) is 0 Å². The van der Waals surface area contributed by atoms with Crippen LogP contribution in [0.1, 0.15) is 64.0 Å². The van der Waals surface area contributed by atoms with E-state index in [2.05, 4.69) is 60.2 Å². The van der Waals surface area contributed by atoms with E-state index in [9.17, 15) is 0 Å². The van der Waals surface area contributed by atoms with Crippen molar-refractivity contribution in [1.29, 1.82) is 0 Å². The Balaban J connectivity index is 0.00000385. The van der Waals surface area contributed by atoms with Gasteiger partial charge in [-0.05, 0) is 63.2 Å². The summed E-state index contributed by atoms with van der Waals surface area (Å²) in [6, 6.07) is 8.93. The second-order valence-corrected chi connectivity index (χ2v) is 8.96. The molecule has 33 heavy (non-hydrogen) atoms. The summed E-state index contributed by atoms with van der Waals surface area (Å²) < 4.78 is 12.0. The first-order valence-electron chi connectivity index (χ1n) is 12.8. The number of hydrogen-bond acceptors (Lipinski definition) is 4. The Morgan fingerprint density at radius 3 is 2.36 bits per heavy atom. The van der Waals surface area contributed by atoms with Gasteiger partial charge in [-0.15, -0.1) is 24.0 Å². The molecular weight excluding hydrogens is 527 g/mol. The van der Waals surface area contributed by atoms with E-state index in [4.69, 9.17) is 14.5 Å². The molecule has 7 heteroatoms. The van der Waals surface area contributed by atoms with E-state index in [-0.39, 0.29) is 24.0 Å². The van der Waals surface area contributed by atoms with Crippen LogP contribution in [0.5, 0.6) is 0 Å². The normalized spacial score (nSPS) is 20.1. The number of nitrogens with one attached hydrogen (secondary N) is 1. The molecule has 2 aliphatic heterocycles. The first-order valence-corrected chi connectivity index (χ1v) is 12.8. The number of rotatable bonds is 10. The second kappa shape index (κ2) is 15.9. The number of hydrogen-bond donors (Lipinski definition) is 1. The van der Waals surface area contributed by atoms with Crippen LogP contribution in [-0.4, -0.2) is 73.9 Å². The highest BCUT2D eigenvalue weighted by molar-refractivity contribution is 14.0. The molecular formula is C26H45IN4O2. The molecule has 2 heterocycles. The molecule has 0 bridgehead atoms. The van der Waals surface area contributed by atoms with Crippen molar-refractivity contribution in [3.8, 4) is 0 Å². The number of halogens is 1. The van der Waals surface area contributed by atoms with Gasteiger partial charge < -0.3 is 19.7 Å². The molecule has 0 spiro atoms. The molecule has 1 atom stereocenters. The first-order chi connectivity index (χ1) is 15.7. The molecule has 0 amide bonds. The fourth-order valence-corrected chi connectivity index (χ4v) is 4.46. The molecule has 1 unspecified atom stereocenters. The Labute approximate surface area is 218 Å². The number of likely N-dealkylation sites (tertiary alicyclic amines) is 1. The third kappa shape index (κ3) is 9.70. The average molecular weight is 573 g/mol. The Bertz CT molecular complexity index is 667. The maximum atomic E-state index is 6.18. The van der Waals surface area contributed by atoms with E-state index in [1.54, 1.807) is 0 Å². The summed E-state index contributed by atoms with van der Waals surface area (Å²) in [7, 11) is 0. The molecule has 3 rings (SSSR count). The van der Waals surface area contributed by atoms with Gasteiger partial charge in [-0.25, -0.2) is 4.99 Å². The molecule has 1 aromatic rings. The minimum absolute atomic E-state index is 0. The van der Waals surface area contributed by atoms with Gasteiger partial charge in [-0.2, -0.15) is 0 Å². The van der Waals surface area contributed by atoms with Gasteiger partial charge in [0.2, 0.25) is 0 Å². The lowest BCUT2D eigenvalue weighted by Crippen LogP contribution is -2.47. The Morgan fingerprint density at radius 2 is 1.76 bits per heavy atom. The third-order valence-electron chi connectivity index (χ3n) is 6.60. The number of piperidine rings is 1. The summed E-state index contributed by atoms with van der Waals surface area (Å²) >= 11 is 0. The Hall–Kier alpha value is -0.900. The molecule has 1 aromatic carbocycles. The second-order valence-electron chi connectivity index (χ2n) is 8.96. The highest BCUT2D eigenvalue weighted by Gasteiger charge is 2.23. The number of ether oxygens (including phenoxy) is 2. The lowest BCUT2D eigenvalue weighted by atomic mass is 10.1. The van der Waals surface area contributed by atoms with Crippen molar-refractivity contribution in [3.63, 3.8) is 0 Å². The van der Waals surface area contributed by atoms with Crippen molar-refractivity contribution < 1.29 is 9.47 Å². The number of aliphatic imine (C=N–C) groups is 1. The third-order valence-corrected chi connectivity index (χ3v) is 6.60. The lowest BCUT2D eigenvalue weighted by molar-refractivity contribution is -0.0721. The lowest BCUT2D eigenvalue weighted by Gasteiger charge is -2.35. The van der Waals surface area contributed by atoms with Crippen molar-refractivity contribution >= 4 is 29.9 Å². The minimum atomic E-state index is 0. The highest BCUT2D eigenvalue weighted by atomic mass is 127. The van der Waals surface area contributed by atoms with Crippen LogP contribution in [0.25, 0.3) is 0 Å². The molecule has 6 nitrogen and oxygen atoms in total. The van der Waals surface area contributed by atoms with Gasteiger partial charge in [-0.1, -0.05) is 38.1 Å². The highest BCUT2D eigenvalue weighted by Crippen LogP contribution is 2.18. The quantitative estimate of drug-likeness (QED) is 0.251. The van der Waals surface area contributed by atoms with Crippen LogP contribution >= 0.6 is 24.0 Å². The van der Waals surface area contributed by atoms with Crippen LogP contribution in [0.3, 0.4) is 0 Å². The summed E-state index contributed by atoms with van der Waals surface area (Å²) in [6.45, 7) is 15.0. The smallest absolute Gasteiger partial charge is 0.194 e. The maximum Gasteiger partial charge on any atom is 0.194 e. The monoisotopic (exact) mass is 572 g/mol. The van der Waals surface area contributed by atoms with Crippen LogP contribution in [0.4, 0.5) is 0 Å². The van der Waals surface area contributed by atoms with Gasteiger partial charge in [-0.3, -0.25) is 4.90 Å². The zero-order valence-electron chi connectivity index (χ0n) is 20.9. The standard InChI is InChI=1S/C26H44N4O2.HI/c1-4-27-26(28-19-22-10-12-23(13-11-22)20-29(5-2)6-3)30-16-14-24(15-17-30)32-21-25-9-7-8-18-31-25;/h10-13,24-25H,4-9,14-21H2,1-3H3,(H,27,28);1H. The van der Waals surface area contributed by atoms with Crippen LogP contribution in [0, 0.1) is 0 Å². The number of benzene rings is 1. The van der Waals surface area contributed by atoms with E-state index in [0.29, 0.717) is 18.8 Å². The summed E-state index contributed by atoms with van der Waals surface area (Å²) in [5.74, 6) is 1.02. The van der Waals surface area contributed by atoms with Crippen LogP contribution in [0.2, 0.25) is 0 Å². The largest absolute Gasteiger partial charge is 0.376 e. The molecule has 0 radical (unpaired) electrons. The Morgan fingerprint density at radius 1 is 1.06 bits per heavy atom. The first kappa shape index (κ1) is 28.3. The van der Waals surface area contributed by atoms with E-state index >= 15 is 0 Å². The summed E-state index contributed by atoms with van der Waals surface area (Å²) in [5.41, 5.74) is 2.63. The van der Waals surface area contributed by atoms with Crippen LogP contribution in [0.15, 0.2) is 29.3 Å². The molecule has 0 aliphatic carbocycles. The van der Waals surface area contributed by atoms with E-state index in [1.807, 2.05) is 0 Å². The summed E-state index contributed by atoms with van der Waals surface area (Å²) in [4.78, 5) is 9.76. The molecule has 2 fully saturated rings. The zero-order valence-corrected chi connectivity index (χ0v) is 23.3. The van der Waals surface area contributed by atoms with Crippen molar-refractivity contribution in [2.75, 3.05) is 45.9 Å². The summed E-state index contributed by atoms with van der Waals surface area (Å²) in [5, 5.41) is 3.48. The SMILES string of the molecule is CCNC(=NCc1ccc(CN(CC)CC)cc1)N1CCC(OCC2CCCCO2)CC1.I. The maximum absolute atomic E-state index is 6.18. The fourth-order valence-electron chi connectivity index (χ4n) is 4.46. The topological polar surface area (TPSA) is 49.3 Å². The van der Waals surface area contributed by atoms with Crippen molar-refractivity contribution in [1.82, 2.24) is 15.1 Å². The van der Waals surface area contributed by atoms with E-state index in [1.165, 1.54) is 24.0 Å². The van der Waals surface area contributed by atoms with Crippen LogP contribution in [-0.2, 0) is 22.6 Å². The molecule has 0 saturated carbocycles. The molecule has 2 saturated heterocycles. The number of nitrogens with zero attached hydrogens (tertiary/aromatic N) is 3. The predicted octanol–water partition coefficient (Wildman–Crippen LogP) is 4.66.